The Morgan fingerprint density at radius 2 is 1.84 bits per heavy atom. The standard InChI is InChI=1S/C25H19BrFNO4/c1-2-31-23-13-17(10-20(14-28)18-6-8-19(9-7-18)25(29)30)12-22(26)24(23)32-15-16-4-3-5-21(27)11-16/h3-13H,2,15H2,1H3,(H,29,30)/b20-10-. The molecule has 0 aromatic heterocycles. The Balaban J connectivity index is 1.91. The summed E-state index contributed by atoms with van der Waals surface area (Å²) in [5, 5.41) is 18.7. The number of rotatable bonds is 8. The van der Waals surface area contributed by atoms with E-state index in [9.17, 15) is 14.4 Å². The lowest BCUT2D eigenvalue weighted by Crippen LogP contribution is -2.01. The van der Waals surface area contributed by atoms with Crippen LogP contribution in [0.2, 0.25) is 0 Å². The van der Waals surface area contributed by atoms with Crippen molar-refractivity contribution in [3.63, 3.8) is 0 Å². The molecule has 0 aliphatic rings. The number of aromatic carboxylic acids is 1. The van der Waals surface area contributed by atoms with Crippen molar-refractivity contribution in [3.8, 4) is 17.6 Å². The Morgan fingerprint density at radius 1 is 1.12 bits per heavy atom. The predicted molar refractivity (Wildman–Crippen MR) is 123 cm³/mol. The molecule has 7 heteroatoms. The number of hydrogen-bond donors (Lipinski definition) is 1. The maximum Gasteiger partial charge on any atom is 0.335 e. The van der Waals surface area contributed by atoms with Crippen LogP contribution < -0.4 is 9.47 Å². The maximum atomic E-state index is 13.4. The fraction of sp³-hybridized carbons (Fsp3) is 0.120. The Bertz CT molecular complexity index is 1200. The highest BCUT2D eigenvalue weighted by atomic mass is 79.9. The van der Waals surface area contributed by atoms with Crippen molar-refractivity contribution in [2.75, 3.05) is 6.61 Å². The molecule has 0 unspecified atom stereocenters. The van der Waals surface area contributed by atoms with E-state index in [2.05, 4.69) is 22.0 Å². The number of halogens is 2. The second kappa shape index (κ2) is 10.6. The number of carbonyl (C=O) groups is 1. The molecule has 0 atom stereocenters. The van der Waals surface area contributed by atoms with Crippen LogP contribution in [0.15, 0.2) is 65.1 Å². The normalized spacial score (nSPS) is 11.0. The van der Waals surface area contributed by atoms with Crippen LogP contribution in [0.1, 0.15) is 34.0 Å². The van der Waals surface area contributed by atoms with Crippen LogP contribution in [0, 0.1) is 17.1 Å². The van der Waals surface area contributed by atoms with E-state index in [1.165, 1.54) is 24.3 Å². The van der Waals surface area contributed by atoms with Gasteiger partial charge in [-0.3, -0.25) is 0 Å². The second-order valence-electron chi connectivity index (χ2n) is 6.73. The van der Waals surface area contributed by atoms with E-state index in [4.69, 9.17) is 14.6 Å². The van der Waals surface area contributed by atoms with Gasteiger partial charge in [0, 0.05) is 0 Å². The lowest BCUT2D eigenvalue weighted by atomic mass is 10.0. The number of allylic oxidation sites excluding steroid dienone is 1. The van der Waals surface area contributed by atoms with Crippen molar-refractivity contribution < 1.29 is 23.8 Å². The summed E-state index contributed by atoms with van der Waals surface area (Å²) < 4.78 is 25.7. The van der Waals surface area contributed by atoms with E-state index in [1.807, 2.05) is 6.92 Å². The SMILES string of the molecule is CCOc1cc(/C=C(/C#N)c2ccc(C(=O)O)cc2)cc(Br)c1OCc1cccc(F)c1. The second-order valence-corrected chi connectivity index (χ2v) is 7.59. The first kappa shape index (κ1) is 23.0. The molecule has 162 valence electrons. The largest absolute Gasteiger partial charge is 0.490 e. The summed E-state index contributed by atoms with van der Waals surface area (Å²) in [6, 6.07) is 17.9. The molecular weight excluding hydrogens is 477 g/mol. The number of carboxylic acids is 1. The maximum absolute atomic E-state index is 13.4. The summed E-state index contributed by atoms with van der Waals surface area (Å²) >= 11 is 3.49. The Morgan fingerprint density at radius 3 is 2.47 bits per heavy atom. The van der Waals surface area contributed by atoms with Gasteiger partial charge in [-0.2, -0.15) is 5.26 Å². The van der Waals surface area contributed by atoms with Gasteiger partial charge in [0.05, 0.1) is 28.3 Å². The summed E-state index contributed by atoms with van der Waals surface area (Å²) in [6.45, 7) is 2.40. The molecule has 0 heterocycles. The highest BCUT2D eigenvalue weighted by Crippen LogP contribution is 2.38. The van der Waals surface area contributed by atoms with Gasteiger partial charge >= 0.3 is 5.97 Å². The van der Waals surface area contributed by atoms with E-state index in [0.717, 1.165) is 0 Å². The van der Waals surface area contributed by atoms with Crippen molar-refractivity contribution >= 4 is 33.5 Å². The Hall–Kier alpha value is -3.63. The van der Waals surface area contributed by atoms with Crippen LogP contribution >= 0.6 is 15.9 Å². The minimum absolute atomic E-state index is 0.146. The van der Waals surface area contributed by atoms with Gasteiger partial charge in [0.1, 0.15) is 12.4 Å². The molecule has 0 fully saturated rings. The zero-order chi connectivity index (χ0) is 23.1. The van der Waals surface area contributed by atoms with E-state index in [1.54, 1.807) is 42.5 Å². The number of nitriles is 1. The monoisotopic (exact) mass is 495 g/mol. The highest BCUT2D eigenvalue weighted by molar-refractivity contribution is 9.10. The van der Waals surface area contributed by atoms with Crippen molar-refractivity contribution in [2.24, 2.45) is 0 Å². The quantitative estimate of drug-likeness (QED) is 0.291. The van der Waals surface area contributed by atoms with Gasteiger partial charge in [0.15, 0.2) is 11.5 Å². The Kier molecular flexibility index (Phi) is 7.63. The molecule has 0 saturated heterocycles. The molecule has 0 saturated carbocycles. The van der Waals surface area contributed by atoms with Crippen molar-refractivity contribution in [3.05, 3.63) is 93.2 Å². The first-order chi connectivity index (χ1) is 15.4. The first-order valence-electron chi connectivity index (χ1n) is 9.70. The van der Waals surface area contributed by atoms with Crippen LogP contribution in [0.4, 0.5) is 4.39 Å². The van der Waals surface area contributed by atoms with Crippen molar-refractivity contribution in [1.29, 1.82) is 5.26 Å². The Labute approximate surface area is 193 Å². The van der Waals surface area contributed by atoms with Crippen LogP contribution in [0.25, 0.3) is 11.6 Å². The minimum Gasteiger partial charge on any atom is -0.490 e. The van der Waals surface area contributed by atoms with Gasteiger partial charge in [-0.1, -0.05) is 24.3 Å². The summed E-state index contributed by atoms with van der Waals surface area (Å²) in [5.74, 6) is -0.421. The summed E-state index contributed by atoms with van der Waals surface area (Å²) in [7, 11) is 0. The molecule has 0 aliphatic heterocycles. The minimum atomic E-state index is -1.03. The fourth-order valence-corrected chi connectivity index (χ4v) is 3.57. The van der Waals surface area contributed by atoms with Gasteiger partial charge in [0.2, 0.25) is 0 Å². The van der Waals surface area contributed by atoms with Gasteiger partial charge in [-0.25, -0.2) is 9.18 Å². The third kappa shape index (κ3) is 5.74. The van der Waals surface area contributed by atoms with Gasteiger partial charge in [-0.05, 0) is 82.0 Å². The summed E-state index contributed by atoms with van der Waals surface area (Å²) in [6.07, 6.45) is 1.68. The molecule has 0 spiro atoms. The molecule has 0 radical (unpaired) electrons. The molecule has 0 aliphatic carbocycles. The topological polar surface area (TPSA) is 79.5 Å². The molecule has 1 N–H and O–H groups in total. The average molecular weight is 496 g/mol. The molecule has 5 nitrogen and oxygen atoms in total. The van der Waals surface area contributed by atoms with Gasteiger partial charge < -0.3 is 14.6 Å². The predicted octanol–water partition coefficient (Wildman–Crippen LogP) is 6.33. The number of hydrogen-bond acceptors (Lipinski definition) is 4. The van der Waals surface area contributed by atoms with Crippen molar-refractivity contribution in [1.82, 2.24) is 0 Å². The van der Waals surface area contributed by atoms with Crippen LogP contribution in [-0.4, -0.2) is 17.7 Å². The third-order valence-corrected chi connectivity index (χ3v) is 5.07. The lowest BCUT2D eigenvalue weighted by Gasteiger charge is -2.15. The van der Waals surface area contributed by atoms with E-state index < -0.39 is 5.97 Å². The number of carboxylic acid groups (broad SMARTS) is 1. The first-order valence-corrected chi connectivity index (χ1v) is 10.5. The van der Waals surface area contributed by atoms with Gasteiger partial charge in [0.25, 0.3) is 0 Å². The smallest absolute Gasteiger partial charge is 0.335 e. The molecule has 32 heavy (non-hydrogen) atoms. The zero-order valence-electron chi connectivity index (χ0n) is 17.1. The fourth-order valence-electron chi connectivity index (χ4n) is 3.00. The molecule has 0 bridgehead atoms. The third-order valence-electron chi connectivity index (χ3n) is 4.48. The van der Waals surface area contributed by atoms with E-state index in [0.29, 0.717) is 44.8 Å². The number of ether oxygens (including phenoxy) is 2. The molecule has 3 rings (SSSR count). The number of benzene rings is 3. The molecular formula is C25H19BrFNO4. The van der Waals surface area contributed by atoms with Crippen LogP contribution in [0.5, 0.6) is 11.5 Å². The van der Waals surface area contributed by atoms with Crippen molar-refractivity contribution in [2.45, 2.75) is 13.5 Å². The summed E-state index contributed by atoms with van der Waals surface area (Å²) in [5.41, 5.74) is 2.48. The van der Waals surface area contributed by atoms with E-state index >= 15 is 0 Å². The van der Waals surface area contributed by atoms with Crippen LogP contribution in [0.3, 0.4) is 0 Å². The van der Waals surface area contributed by atoms with E-state index in [-0.39, 0.29) is 18.0 Å². The highest BCUT2D eigenvalue weighted by Gasteiger charge is 2.13. The number of nitrogens with zero attached hydrogens (tertiary/aromatic N) is 1. The van der Waals surface area contributed by atoms with Gasteiger partial charge in [-0.15, -0.1) is 0 Å². The summed E-state index contributed by atoms with van der Waals surface area (Å²) in [4.78, 5) is 11.0. The zero-order valence-corrected chi connectivity index (χ0v) is 18.7. The molecule has 3 aromatic rings. The molecule has 0 amide bonds. The molecule has 3 aromatic carbocycles. The lowest BCUT2D eigenvalue weighted by molar-refractivity contribution is 0.0697. The average Bonchev–Trinajstić information content (AvgIpc) is 2.77. The van der Waals surface area contributed by atoms with Crippen LogP contribution in [-0.2, 0) is 6.61 Å².